The van der Waals surface area contributed by atoms with E-state index in [9.17, 15) is 18.8 Å². The van der Waals surface area contributed by atoms with Crippen LogP contribution in [0, 0.1) is 5.82 Å². The van der Waals surface area contributed by atoms with E-state index < -0.39 is 11.2 Å². The molecular weight excluding hydrogens is 383 g/mol. The molecule has 1 aromatic rings. The van der Waals surface area contributed by atoms with E-state index in [4.69, 9.17) is 4.74 Å². The Hall–Kier alpha value is -2.09. The summed E-state index contributed by atoms with van der Waals surface area (Å²) >= 11 is 1.12. The molecule has 28 heavy (non-hydrogen) atoms. The second-order valence-corrected chi connectivity index (χ2v) is 8.09. The Kier molecular flexibility index (Phi) is 9.27. The number of halogens is 1. The molecule has 1 N–H and O–H groups in total. The number of anilines is 1. The first-order valence-electron chi connectivity index (χ1n) is 9.57. The zero-order chi connectivity index (χ0) is 20.4. The molecule has 1 atom stereocenters. The van der Waals surface area contributed by atoms with Crippen LogP contribution in [-0.4, -0.2) is 53.4 Å². The van der Waals surface area contributed by atoms with Gasteiger partial charge < -0.3 is 15.0 Å². The van der Waals surface area contributed by atoms with Crippen molar-refractivity contribution < 1.29 is 23.5 Å². The zero-order valence-electron chi connectivity index (χ0n) is 16.1. The van der Waals surface area contributed by atoms with Gasteiger partial charge in [0.2, 0.25) is 5.91 Å². The molecule has 6 nitrogen and oxygen atoms in total. The fourth-order valence-electron chi connectivity index (χ4n) is 2.84. The molecule has 0 aromatic heterocycles. The van der Waals surface area contributed by atoms with Crippen LogP contribution in [0.4, 0.5) is 10.1 Å². The number of hydrogen-bond acceptors (Lipinski definition) is 5. The summed E-state index contributed by atoms with van der Waals surface area (Å²) in [6, 6.07) is 5.44. The quantitative estimate of drug-likeness (QED) is 0.699. The molecule has 0 bridgehead atoms. The number of amides is 2. The van der Waals surface area contributed by atoms with Gasteiger partial charge in [0.25, 0.3) is 5.91 Å². The molecule has 1 aliphatic rings. The van der Waals surface area contributed by atoms with Crippen molar-refractivity contribution in [2.45, 2.75) is 44.3 Å². The molecule has 0 aliphatic carbocycles. The number of thioether (sulfide) groups is 1. The van der Waals surface area contributed by atoms with Crippen molar-refractivity contribution in [3.8, 4) is 0 Å². The first kappa shape index (κ1) is 22.2. The molecular formula is C20H27FN2O4S. The number of esters is 1. The number of hydrogen-bond donors (Lipinski definition) is 1. The number of nitrogens with one attached hydrogen (secondary N) is 1. The van der Waals surface area contributed by atoms with E-state index in [0.29, 0.717) is 18.8 Å². The van der Waals surface area contributed by atoms with Gasteiger partial charge in [-0.05, 0) is 44.0 Å². The lowest BCUT2D eigenvalue weighted by Crippen LogP contribution is -2.37. The Morgan fingerprint density at radius 1 is 1.11 bits per heavy atom. The van der Waals surface area contributed by atoms with Gasteiger partial charge >= 0.3 is 5.97 Å². The maximum absolute atomic E-state index is 12.9. The largest absolute Gasteiger partial charge is 0.455 e. The summed E-state index contributed by atoms with van der Waals surface area (Å²) in [6.45, 7) is 2.80. The standard InChI is InChI=1S/C20H27FN2O4S/c1-15(28-14-18(24)22-17-9-7-16(21)8-10-17)20(26)27-13-19(25)23-11-5-3-2-4-6-12-23/h7-10,15H,2-6,11-14H2,1H3,(H,22,24)/t15-/m1/s1. The van der Waals surface area contributed by atoms with E-state index in [-0.39, 0.29) is 30.0 Å². The maximum atomic E-state index is 12.9. The molecule has 154 valence electrons. The van der Waals surface area contributed by atoms with Crippen molar-refractivity contribution in [2.75, 3.05) is 30.8 Å². The van der Waals surface area contributed by atoms with Crippen LogP contribution in [0.25, 0.3) is 0 Å². The molecule has 0 radical (unpaired) electrons. The van der Waals surface area contributed by atoms with Gasteiger partial charge in [0.05, 0.1) is 5.75 Å². The fraction of sp³-hybridized carbons (Fsp3) is 0.550. The third-order valence-electron chi connectivity index (χ3n) is 4.47. The predicted molar refractivity (Wildman–Crippen MR) is 108 cm³/mol. The van der Waals surface area contributed by atoms with Gasteiger partial charge in [0, 0.05) is 18.8 Å². The van der Waals surface area contributed by atoms with Gasteiger partial charge in [-0.25, -0.2) is 4.39 Å². The van der Waals surface area contributed by atoms with Crippen molar-refractivity contribution >= 4 is 35.2 Å². The minimum Gasteiger partial charge on any atom is -0.455 e. The number of ether oxygens (including phenoxy) is 1. The average Bonchev–Trinajstić information content (AvgIpc) is 2.65. The number of carbonyl (C=O) groups is 3. The molecule has 2 rings (SSSR count). The van der Waals surface area contributed by atoms with Crippen LogP contribution in [0.2, 0.25) is 0 Å². The first-order valence-corrected chi connectivity index (χ1v) is 10.6. The Bertz CT molecular complexity index is 661. The Morgan fingerprint density at radius 2 is 1.71 bits per heavy atom. The number of rotatable bonds is 7. The van der Waals surface area contributed by atoms with Crippen LogP contribution >= 0.6 is 11.8 Å². The second-order valence-electron chi connectivity index (χ2n) is 6.76. The maximum Gasteiger partial charge on any atom is 0.319 e. The van der Waals surface area contributed by atoms with Crippen molar-refractivity contribution in [1.82, 2.24) is 4.90 Å². The smallest absolute Gasteiger partial charge is 0.319 e. The van der Waals surface area contributed by atoms with Gasteiger partial charge in [-0.1, -0.05) is 19.3 Å². The molecule has 2 amide bonds. The molecule has 1 heterocycles. The lowest BCUT2D eigenvalue weighted by Gasteiger charge is -2.24. The van der Waals surface area contributed by atoms with Gasteiger partial charge in [-0.3, -0.25) is 14.4 Å². The van der Waals surface area contributed by atoms with Crippen LogP contribution < -0.4 is 5.32 Å². The van der Waals surface area contributed by atoms with Crippen LogP contribution in [0.5, 0.6) is 0 Å². The van der Waals surface area contributed by atoms with E-state index >= 15 is 0 Å². The third-order valence-corrected chi connectivity index (χ3v) is 5.59. The van der Waals surface area contributed by atoms with Crippen molar-refractivity contribution in [1.29, 1.82) is 0 Å². The number of carbonyl (C=O) groups excluding carboxylic acids is 3. The van der Waals surface area contributed by atoms with E-state index in [0.717, 1.165) is 37.4 Å². The molecule has 1 fully saturated rings. The molecule has 0 saturated carbocycles. The number of likely N-dealkylation sites (tertiary alicyclic amines) is 1. The second kappa shape index (κ2) is 11.7. The highest BCUT2D eigenvalue weighted by atomic mass is 32.2. The van der Waals surface area contributed by atoms with Crippen LogP contribution in [0.1, 0.15) is 39.0 Å². The van der Waals surface area contributed by atoms with E-state index in [1.165, 1.54) is 30.7 Å². The Balaban J connectivity index is 1.67. The SMILES string of the molecule is C[C@@H](SCC(=O)Nc1ccc(F)cc1)C(=O)OCC(=O)N1CCCCCCC1. The van der Waals surface area contributed by atoms with Gasteiger partial charge in [-0.15, -0.1) is 11.8 Å². The summed E-state index contributed by atoms with van der Waals surface area (Å²) in [6.07, 6.45) is 5.42. The number of benzene rings is 1. The average molecular weight is 411 g/mol. The van der Waals surface area contributed by atoms with Crippen molar-refractivity contribution in [3.05, 3.63) is 30.1 Å². The van der Waals surface area contributed by atoms with E-state index in [1.54, 1.807) is 11.8 Å². The van der Waals surface area contributed by atoms with E-state index in [2.05, 4.69) is 5.32 Å². The van der Waals surface area contributed by atoms with Gasteiger partial charge in [0.1, 0.15) is 11.1 Å². The zero-order valence-corrected chi connectivity index (χ0v) is 16.9. The summed E-state index contributed by atoms with van der Waals surface area (Å²) in [7, 11) is 0. The Morgan fingerprint density at radius 3 is 2.36 bits per heavy atom. The summed E-state index contributed by atoms with van der Waals surface area (Å²) in [5, 5.41) is 2.06. The van der Waals surface area contributed by atoms with Crippen LogP contribution in [0.15, 0.2) is 24.3 Å². The molecule has 8 heteroatoms. The van der Waals surface area contributed by atoms with Gasteiger partial charge in [0.15, 0.2) is 6.61 Å². The van der Waals surface area contributed by atoms with Crippen molar-refractivity contribution in [3.63, 3.8) is 0 Å². The normalized spacial score (nSPS) is 15.9. The van der Waals surface area contributed by atoms with Crippen molar-refractivity contribution in [2.24, 2.45) is 0 Å². The summed E-state index contributed by atoms with van der Waals surface area (Å²) < 4.78 is 18.0. The summed E-state index contributed by atoms with van der Waals surface area (Å²) in [5.74, 6) is -1.31. The lowest BCUT2D eigenvalue weighted by molar-refractivity contribution is -0.151. The fourth-order valence-corrected chi connectivity index (χ4v) is 3.52. The highest BCUT2D eigenvalue weighted by molar-refractivity contribution is 8.01. The van der Waals surface area contributed by atoms with E-state index in [1.807, 2.05) is 0 Å². The highest BCUT2D eigenvalue weighted by Crippen LogP contribution is 2.15. The monoisotopic (exact) mass is 410 g/mol. The molecule has 1 saturated heterocycles. The Labute approximate surface area is 169 Å². The van der Waals surface area contributed by atoms with Crippen LogP contribution in [-0.2, 0) is 19.1 Å². The highest BCUT2D eigenvalue weighted by Gasteiger charge is 2.20. The molecule has 1 aliphatic heterocycles. The molecule has 1 aromatic carbocycles. The molecule has 0 unspecified atom stereocenters. The summed E-state index contributed by atoms with van der Waals surface area (Å²) in [5.41, 5.74) is 0.487. The number of nitrogens with zero attached hydrogens (tertiary/aromatic N) is 1. The summed E-state index contributed by atoms with van der Waals surface area (Å²) in [4.78, 5) is 38.0. The van der Waals surface area contributed by atoms with Crippen LogP contribution in [0.3, 0.4) is 0 Å². The molecule has 0 spiro atoms. The minimum absolute atomic E-state index is 0.0493. The minimum atomic E-state index is -0.570. The predicted octanol–water partition coefficient (Wildman–Crippen LogP) is 3.22. The van der Waals surface area contributed by atoms with Gasteiger partial charge in [-0.2, -0.15) is 0 Å². The lowest BCUT2D eigenvalue weighted by atomic mass is 10.1. The first-order chi connectivity index (χ1) is 13.5. The topological polar surface area (TPSA) is 75.7 Å². The third kappa shape index (κ3) is 7.88.